The maximum atomic E-state index is 5.53. The van der Waals surface area contributed by atoms with Gasteiger partial charge in [-0.2, -0.15) is 0 Å². The molecule has 2 rings (SSSR count). The van der Waals surface area contributed by atoms with Gasteiger partial charge in [0, 0.05) is 6.61 Å². The number of ether oxygens (including phenoxy) is 1. The lowest BCUT2D eigenvalue weighted by Crippen LogP contribution is -2.25. The summed E-state index contributed by atoms with van der Waals surface area (Å²) < 4.78 is 5.53. The van der Waals surface area contributed by atoms with E-state index >= 15 is 0 Å². The van der Waals surface area contributed by atoms with Crippen molar-refractivity contribution in [3.63, 3.8) is 0 Å². The minimum Gasteiger partial charge on any atom is -0.377 e. The molecular weight excluding hydrogens is 268 g/mol. The minimum absolute atomic E-state index is 0.815. The van der Waals surface area contributed by atoms with E-state index in [2.05, 4.69) is 26.0 Å². The average Bonchev–Trinajstić information content (AvgIpc) is 2.56. The number of hydrogen-bond donors (Lipinski definition) is 0. The SMILES string of the molecule is CCCOC/C=C/[C@H]1CC[C@H]([C@H]2CC[C@H](CCC)CC2)CC1. The van der Waals surface area contributed by atoms with Crippen molar-refractivity contribution in [3.05, 3.63) is 12.2 Å². The summed E-state index contributed by atoms with van der Waals surface area (Å²) in [5.74, 6) is 4.00. The molecule has 128 valence electrons. The molecule has 0 amide bonds. The van der Waals surface area contributed by atoms with Crippen molar-refractivity contribution in [2.75, 3.05) is 13.2 Å². The predicted molar refractivity (Wildman–Crippen MR) is 96.1 cm³/mol. The van der Waals surface area contributed by atoms with Crippen LogP contribution in [0.25, 0.3) is 0 Å². The van der Waals surface area contributed by atoms with Crippen molar-refractivity contribution < 1.29 is 4.74 Å². The van der Waals surface area contributed by atoms with Gasteiger partial charge in [-0.25, -0.2) is 0 Å². The van der Waals surface area contributed by atoms with Gasteiger partial charge in [0.1, 0.15) is 0 Å². The molecule has 0 bridgehead atoms. The zero-order valence-corrected chi connectivity index (χ0v) is 15.1. The zero-order chi connectivity index (χ0) is 15.6. The molecule has 1 heteroatoms. The Bertz CT molecular complexity index is 293. The van der Waals surface area contributed by atoms with Crippen molar-refractivity contribution in [2.24, 2.45) is 23.7 Å². The first-order chi connectivity index (χ1) is 10.8. The van der Waals surface area contributed by atoms with E-state index in [4.69, 9.17) is 4.74 Å². The first-order valence-corrected chi connectivity index (χ1v) is 10.1. The van der Waals surface area contributed by atoms with Gasteiger partial charge in [0.2, 0.25) is 0 Å². The lowest BCUT2D eigenvalue weighted by Gasteiger charge is -2.37. The van der Waals surface area contributed by atoms with E-state index in [9.17, 15) is 0 Å². The fourth-order valence-corrected chi connectivity index (χ4v) is 4.71. The van der Waals surface area contributed by atoms with Gasteiger partial charge in [0.25, 0.3) is 0 Å². The molecule has 22 heavy (non-hydrogen) atoms. The summed E-state index contributed by atoms with van der Waals surface area (Å²) in [5.41, 5.74) is 0. The van der Waals surface area contributed by atoms with Crippen molar-refractivity contribution in [3.8, 4) is 0 Å². The summed E-state index contributed by atoms with van der Waals surface area (Å²) >= 11 is 0. The summed E-state index contributed by atoms with van der Waals surface area (Å²) in [7, 11) is 0. The van der Waals surface area contributed by atoms with Crippen LogP contribution in [0.15, 0.2) is 12.2 Å². The van der Waals surface area contributed by atoms with Crippen molar-refractivity contribution >= 4 is 0 Å². The van der Waals surface area contributed by atoms with Crippen LogP contribution in [0.4, 0.5) is 0 Å². The van der Waals surface area contributed by atoms with E-state index in [1.165, 1.54) is 64.2 Å². The summed E-state index contributed by atoms with van der Waals surface area (Å²) in [6.07, 6.45) is 20.6. The van der Waals surface area contributed by atoms with E-state index in [1.54, 1.807) is 0 Å². The molecule has 2 aliphatic carbocycles. The van der Waals surface area contributed by atoms with E-state index in [0.717, 1.165) is 43.3 Å². The highest BCUT2D eigenvalue weighted by atomic mass is 16.5. The number of hydrogen-bond acceptors (Lipinski definition) is 1. The van der Waals surface area contributed by atoms with Gasteiger partial charge in [-0.1, -0.05) is 51.7 Å². The third kappa shape index (κ3) is 6.07. The van der Waals surface area contributed by atoms with Gasteiger partial charge in [0.05, 0.1) is 6.61 Å². The van der Waals surface area contributed by atoms with Crippen LogP contribution >= 0.6 is 0 Å². The Balaban J connectivity index is 1.61. The van der Waals surface area contributed by atoms with E-state index < -0.39 is 0 Å². The van der Waals surface area contributed by atoms with Crippen LogP contribution in [0.2, 0.25) is 0 Å². The molecule has 0 N–H and O–H groups in total. The lowest BCUT2D eigenvalue weighted by atomic mass is 9.69. The normalized spacial score (nSPS) is 33.4. The molecule has 0 heterocycles. The Kier molecular flexibility index (Phi) is 8.59. The number of allylic oxidation sites excluding steroid dienone is 1. The van der Waals surface area contributed by atoms with Gasteiger partial charge in [-0.3, -0.25) is 0 Å². The van der Waals surface area contributed by atoms with Crippen molar-refractivity contribution in [2.45, 2.75) is 84.5 Å². The summed E-state index contributed by atoms with van der Waals surface area (Å²) in [6, 6.07) is 0. The molecule has 0 saturated heterocycles. The van der Waals surface area contributed by atoms with Gasteiger partial charge in [-0.05, 0) is 68.6 Å². The standard InChI is InChI=1S/C21H38O/c1-3-6-18-8-12-20(13-9-18)21-14-10-19(11-15-21)7-5-17-22-16-4-2/h5,7,18-21H,3-4,6,8-17H2,1-2H3/b7-5+/t18-,19-,20-,21-. The van der Waals surface area contributed by atoms with Crippen LogP contribution < -0.4 is 0 Å². The Labute approximate surface area is 138 Å². The van der Waals surface area contributed by atoms with Crippen LogP contribution in [0, 0.1) is 23.7 Å². The van der Waals surface area contributed by atoms with Crippen LogP contribution in [0.3, 0.4) is 0 Å². The van der Waals surface area contributed by atoms with Crippen molar-refractivity contribution in [1.29, 1.82) is 0 Å². The largest absolute Gasteiger partial charge is 0.377 e. The van der Waals surface area contributed by atoms with Crippen LogP contribution in [-0.2, 0) is 4.74 Å². The lowest BCUT2D eigenvalue weighted by molar-refractivity contribution is 0.150. The highest BCUT2D eigenvalue weighted by Crippen LogP contribution is 2.42. The zero-order valence-electron chi connectivity index (χ0n) is 15.1. The Morgan fingerprint density at radius 3 is 2.05 bits per heavy atom. The first kappa shape index (κ1) is 18.0. The molecule has 0 unspecified atom stereocenters. The molecule has 0 spiro atoms. The second kappa shape index (κ2) is 10.5. The quantitative estimate of drug-likeness (QED) is 0.373. The number of rotatable bonds is 8. The molecule has 0 aromatic rings. The maximum absolute atomic E-state index is 5.53. The second-order valence-corrected chi connectivity index (χ2v) is 7.75. The van der Waals surface area contributed by atoms with Gasteiger partial charge in [-0.15, -0.1) is 0 Å². The second-order valence-electron chi connectivity index (χ2n) is 7.75. The van der Waals surface area contributed by atoms with Crippen LogP contribution in [-0.4, -0.2) is 13.2 Å². The summed E-state index contributed by atoms with van der Waals surface area (Å²) in [5, 5.41) is 0. The molecule has 0 aromatic carbocycles. The van der Waals surface area contributed by atoms with E-state index in [1.807, 2.05) is 0 Å². The third-order valence-electron chi connectivity index (χ3n) is 6.04. The molecule has 2 saturated carbocycles. The van der Waals surface area contributed by atoms with Gasteiger partial charge in [0.15, 0.2) is 0 Å². The average molecular weight is 307 g/mol. The van der Waals surface area contributed by atoms with E-state index in [-0.39, 0.29) is 0 Å². The molecule has 2 fully saturated rings. The maximum Gasteiger partial charge on any atom is 0.0647 e. The fourth-order valence-electron chi connectivity index (χ4n) is 4.71. The fraction of sp³-hybridized carbons (Fsp3) is 0.905. The van der Waals surface area contributed by atoms with E-state index in [0.29, 0.717) is 0 Å². The molecule has 0 radical (unpaired) electrons. The Hall–Kier alpha value is -0.300. The Morgan fingerprint density at radius 1 is 0.818 bits per heavy atom. The summed E-state index contributed by atoms with van der Waals surface area (Å²) in [6.45, 7) is 6.22. The molecule has 0 atom stereocenters. The highest BCUT2D eigenvalue weighted by Gasteiger charge is 2.29. The molecule has 0 aromatic heterocycles. The van der Waals surface area contributed by atoms with Crippen LogP contribution in [0.5, 0.6) is 0 Å². The van der Waals surface area contributed by atoms with Crippen molar-refractivity contribution in [1.82, 2.24) is 0 Å². The van der Waals surface area contributed by atoms with Gasteiger partial charge < -0.3 is 4.74 Å². The smallest absolute Gasteiger partial charge is 0.0647 e. The Morgan fingerprint density at radius 2 is 1.45 bits per heavy atom. The van der Waals surface area contributed by atoms with Crippen LogP contribution in [0.1, 0.15) is 84.5 Å². The third-order valence-corrected chi connectivity index (χ3v) is 6.04. The summed E-state index contributed by atoms with van der Waals surface area (Å²) in [4.78, 5) is 0. The topological polar surface area (TPSA) is 9.23 Å². The molecule has 2 aliphatic rings. The molecule has 1 nitrogen and oxygen atoms in total. The highest BCUT2D eigenvalue weighted by molar-refractivity contribution is 4.92. The molecule has 0 aliphatic heterocycles. The molecular formula is C21H38O. The first-order valence-electron chi connectivity index (χ1n) is 10.1. The predicted octanol–water partition coefficient (Wildman–Crippen LogP) is 6.38. The monoisotopic (exact) mass is 306 g/mol. The van der Waals surface area contributed by atoms with Gasteiger partial charge >= 0.3 is 0 Å². The minimum atomic E-state index is 0.815.